The first-order valence-electron chi connectivity index (χ1n) is 7.24. The quantitative estimate of drug-likeness (QED) is 0.837. The topological polar surface area (TPSA) is 43.8 Å². The van der Waals surface area contributed by atoms with Crippen molar-refractivity contribution in [1.29, 1.82) is 0 Å². The van der Waals surface area contributed by atoms with Crippen molar-refractivity contribution >= 4 is 17.0 Å². The molecule has 1 aromatic heterocycles. The molecule has 2 N–H and O–H groups in total. The van der Waals surface area contributed by atoms with Crippen molar-refractivity contribution in [2.24, 2.45) is 5.41 Å². The van der Waals surface area contributed by atoms with Gasteiger partial charge < -0.3 is 10.3 Å². The van der Waals surface area contributed by atoms with Gasteiger partial charge in [0.25, 0.3) is 0 Å². The average molecular weight is 257 g/mol. The van der Waals surface area contributed by atoms with Crippen molar-refractivity contribution < 1.29 is 0 Å². The summed E-state index contributed by atoms with van der Waals surface area (Å²) in [6.07, 6.45) is 5.09. The number of nitrogen functional groups attached to an aromatic ring is 1. The van der Waals surface area contributed by atoms with Crippen LogP contribution < -0.4 is 5.73 Å². The first-order chi connectivity index (χ1) is 9.00. The number of rotatable bonds is 1. The number of anilines is 1. The Kier molecular flexibility index (Phi) is 2.80. The minimum Gasteiger partial charge on any atom is -0.369 e. The van der Waals surface area contributed by atoms with E-state index >= 15 is 0 Å². The summed E-state index contributed by atoms with van der Waals surface area (Å²) >= 11 is 0. The molecule has 1 aromatic carbocycles. The molecule has 1 fully saturated rings. The number of hydrogen-bond acceptors (Lipinski definition) is 2. The number of aromatic nitrogens is 2. The summed E-state index contributed by atoms with van der Waals surface area (Å²) in [6.45, 7) is 6.87. The van der Waals surface area contributed by atoms with E-state index in [4.69, 9.17) is 5.73 Å². The second kappa shape index (κ2) is 4.26. The molecule has 0 aliphatic heterocycles. The Hall–Kier alpha value is -1.51. The van der Waals surface area contributed by atoms with Crippen LogP contribution in [0, 0.1) is 12.3 Å². The zero-order chi connectivity index (χ0) is 13.6. The van der Waals surface area contributed by atoms with Crippen LogP contribution in [0.4, 0.5) is 5.95 Å². The van der Waals surface area contributed by atoms with E-state index in [9.17, 15) is 0 Å². The van der Waals surface area contributed by atoms with Gasteiger partial charge in [0.1, 0.15) is 0 Å². The number of imidazole rings is 1. The fourth-order valence-electron chi connectivity index (χ4n) is 3.61. The van der Waals surface area contributed by atoms with Crippen molar-refractivity contribution in [3.8, 4) is 0 Å². The molecule has 1 aliphatic rings. The van der Waals surface area contributed by atoms with Gasteiger partial charge in [-0.2, -0.15) is 0 Å². The van der Waals surface area contributed by atoms with Crippen LogP contribution in [0.15, 0.2) is 18.2 Å². The smallest absolute Gasteiger partial charge is 0.201 e. The number of nitrogens with zero attached hydrogens (tertiary/aromatic N) is 2. The van der Waals surface area contributed by atoms with Crippen LogP contribution >= 0.6 is 0 Å². The van der Waals surface area contributed by atoms with Crippen molar-refractivity contribution in [2.45, 2.75) is 52.5 Å². The minimum atomic E-state index is 0.294. The van der Waals surface area contributed by atoms with Gasteiger partial charge in [0.15, 0.2) is 0 Å². The zero-order valence-electron chi connectivity index (χ0n) is 12.1. The summed E-state index contributed by atoms with van der Waals surface area (Å²) in [7, 11) is 0. The lowest BCUT2D eigenvalue weighted by molar-refractivity contribution is 0.149. The number of fused-ring (bicyclic) bond motifs is 1. The fourth-order valence-corrected chi connectivity index (χ4v) is 3.61. The van der Waals surface area contributed by atoms with Gasteiger partial charge in [-0.25, -0.2) is 4.98 Å². The summed E-state index contributed by atoms with van der Waals surface area (Å²) in [5, 5.41) is 0. The van der Waals surface area contributed by atoms with E-state index in [1.807, 2.05) is 0 Å². The zero-order valence-corrected chi connectivity index (χ0v) is 12.1. The molecule has 102 valence electrons. The maximum Gasteiger partial charge on any atom is 0.201 e. The number of para-hydroxylation sites is 1. The molecule has 1 unspecified atom stereocenters. The van der Waals surface area contributed by atoms with Crippen LogP contribution in [-0.4, -0.2) is 9.55 Å². The molecule has 19 heavy (non-hydrogen) atoms. The summed E-state index contributed by atoms with van der Waals surface area (Å²) in [5.41, 5.74) is 10.0. The molecule has 0 spiro atoms. The van der Waals surface area contributed by atoms with Crippen LogP contribution in [0.1, 0.15) is 51.1 Å². The van der Waals surface area contributed by atoms with Crippen LogP contribution in [0.25, 0.3) is 11.0 Å². The molecular formula is C16H23N3. The van der Waals surface area contributed by atoms with E-state index in [1.165, 1.54) is 36.8 Å². The van der Waals surface area contributed by atoms with E-state index in [-0.39, 0.29) is 0 Å². The summed E-state index contributed by atoms with van der Waals surface area (Å²) < 4.78 is 2.30. The highest BCUT2D eigenvalue weighted by atomic mass is 15.2. The average Bonchev–Trinajstić information content (AvgIpc) is 2.66. The van der Waals surface area contributed by atoms with Gasteiger partial charge in [-0.1, -0.05) is 38.8 Å². The number of aryl methyl sites for hydroxylation is 1. The molecule has 1 atom stereocenters. The lowest BCUT2D eigenvalue weighted by Gasteiger charge is -2.40. The van der Waals surface area contributed by atoms with Gasteiger partial charge in [0, 0.05) is 6.04 Å². The van der Waals surface area contributed by atoms with Crippen molar-refractivity contribution in [3.63, 3.8) is 0 Å². The SMILES string of the molecule is Cc1cccc2nc(N)n(C3CCCCC3(C)C)c12. The lowest BCUT2D eigenvalue weighted by Crippen LogP contribution is -2.31. The Morgan fingerprint density at radius 1 is 1.32 bits per heavy atom. The number of nitrogens with two attached hydrogens (primary N) is 1. The van der Waals surface area contributed by atoms with Gasteiger partial charge in [-0.15, -0.1) is 0 Å². The first-order valence-corrected chi connectivity index (χ1v) is 7.24. The third-order valence-electron chi connectivity index (χ3n) is 4.70. The summed E-state index contributed by atoms with van der Waals surface area (Å²) in [6, 6.07) is 6.73. The largest absolute Gasteiger partial charge is 0.369 e. The van der Waals surface area contributed by atoms with Crippen molar-refractivity contribution in [3.05, 3.63) is 23.8 Å². The van der Waals surface area contributed by atoms with E-state index in [1.54, 1.807) is 0 Å². The third kappa shape index (κ3) is 1.92. The standard InChI is InChI=1S/C16H23N3/c1-11-7-6-8-12-14(11)19(15(17)18-12)13-9-4-5-10-16(13,2)3/h6-8,13H,4-5,9-10H2,1-3H3,(H2,17,18). The molecule has 1 saturated carbocycles. The number of hydrogen-bond donors (Lipinski definition) is 1. The van der Waals surface area contributed by atoms with Gasteiger partial charge in [-0.3, -0.25) is 0 Å². The van der Waals surface area contributed by atoms with Crippen molar-refractivity contribution in [1.82, 2.24) is 9.55 Å². The molecule has 0 amide bonds. The molecule has 3 heteroatoms. The number of benzene rings is 1. The second-order valence-electron chi connectivity index (χ2n) is 6.53. The second-order valence-corrected chi connectivity index (χ2v) is 6.53. The van der Waals surface area contributed by atoms with Crippen LogP contribution in [0.5, 0.6) is 0 Å². The third-order valence-corrected chi connectivity index (χ3v) is 4.70. The summed E-state index contributed by atoms with van der Waals surface area (Å²) in [4.78, 5) is 4.56. The fraction of sp³-hybridized carbons (Fsp3) is 0.562. The molecule has 2 aromatic rings. The van der Waals surface area contributed by atoms with Gasteiger partial charge in [-0.05, 0) is 36.8 Å². The molecular weight excluding hydrogens is 234 g/mol. The van der Waals surface area contributed by atoms with Crippen LogP contribution in [-0.2, 0) is 0 Å². The maximum absolute atomic E-state index is 6.23. The summed E-state index contributed by atoms with van der Waals surface area (Å²) in [5.74, 6) is 0.671. The minimum absolute atomic E-state index is 0.294. The monoisotopic (exact) mass is 257 g/mol. The Morgan fingerprint density at radius 2 is 2.11 bits per heavy atom. The molecule has 3 nitrogen and oxygen atoms in total. The van der Waals surface area contributed by atoms with E-state index in [0.717, 1.165) is 5.52 Å². The molecule has 1 aliphatic carbocycles. The lowest BCUT2D eigenvalue weighted by atomic mass is 9.73. The highest BCUT2D eigenvalue weighted by molar-refractivity contribution is 5.81. The molecule has 1 heterocycles. The predicted molar refractivity (Wildman–Crippen MR) is 80.2 cm³/mol. The van der Waals surface area contributed by atoms with Gasteiger partial charge in [0.2, 0.25) is 5.95 Å². The van der Waals surface area contributed by atoms with E-state index in [2.05, 4.69) is 48.5 Å². The normalized spacial score (nSPS) is 22.8. The van der Waals surface area contributed by atoms with Crippen LogP contribution in [0.2, 0.25) is 0 Å². The van der Waals surface area contributed by atoms with Gasteiger partial charge >= 0.3 is 0 Å². The van der Waals surface area contributed by atoms with E-state index < -0.39 is 0 Å². The Labute approximate surface area is 114 Å². The Morgan fingerprint density at radius 3 is 2.84 bits per heavy atom. The van der Waals surface area contributed by atoms with Gasteiger partial charge in [0.05, 0.1) is 11.0 Å². The highest BCUT2D eigenvalue weighted by Crippen LogP contribution is 2.46. The Bertz CT molecular complexity index is 610. The Balaban J connectivity index is 2.21. The molecule has 0 bridgehead atoms. The first kappa shape index (κ1) is 12.5. The molecule has 0 radical (unpaired) electrons. The molecule has 0 saturated heterocycles. The van der Waals surface area contributed by atoms with E-state index in [0.29, 0.717) is 17.4 Å². The van der Waals surface area contributed by atoms with Crippen molar-refractivity contribution in [2.75, 3.05) is 5.73 Å². The highest BCUT2D eigenvalue weighted by Gasteiger charge is 2.35. The van der Waals surface area contributed by atoms with Crippen LogP contribution in [0.3, 0.4) is 0 Å². The molecule has 3 rings (SSSR count). The maximum atomic E-state index is 6.23. The predicted octanol–water partition coefficient (Wildman–Crippen LogP) is 4.07.